The standard InChI is InChI=1S/C13H17N3O3/c1-13(2,11(17)19-4)16(3)8-5-6-9-10(7-8)15-12(18)14-9/h5-7H,1-4H3,(H2,14,15,18). The van der Waals surface area contributed by atoms with Gasteiger partial charge in [0.1, 0.15) is 5.54 Å². The van der Waals surface area contributed by atoms with Crippen LogP contribution in [0.5, 0.6) is 0 Å². The van der Waals surface area contributed by atoms with Crippen LogP contribution in [-0.2, 0) is 9.53 Å². The smallest absolute Gasteiger partial charge is 0.331 e. The quantitative estimate of drug-likeness (QED) is 0.817. The van der Waals surface area contributed by atoms with Crippen LogP contribution in [0.4, 0.5) is 5.69 Å². The molecular weight excluding hydrogens is 246 g/mol. The van der Waals surface area contributed by atoms with Crippen molar-refractivity contribution < 1.29 is 9.53 Å². The Morgan fingerprint density at radius 1 is 1.26 bits per heavy atom. The summed E-state index contributed by atoms with van der Waals surface area (Å²) in [6, 6.07) is 5.46. The van der Waals surface area contributed by atoms with Gasteiger partial charge in [-0.25, -0.2) is 9.59 Å². The molecule has 19 heavy (non-hydrogen) atoms. The molecule has 102 valence electrons. The Labute approximate surface area is 110 Å². The van der Waals surface area contributed by atoms with Crippen LogP contribution in [-0.4, -0.2) is 35.6 Å². The zero-order valence-corrected chi connectivity index (χ0v) is 11.4. The van der Waals surface area contributed by atoms with Gasteiger partial charge in [-0.2, -0.15) is 0 Å². The van der Waals surface area contributed by atoms with Crippen LogP contribution in [0.2, 0.25) is 0 Å². The van der Waals surface area contributed by atoms with Crippen molar-refractivity contribution in [1.82, 2.24) is 9.97 Å². The van der Waals surface area contributed by atoms with Gasteiger partial charge in [-0.05, 0) is 32.0 Å². The Morgan fingerprint density at radius 3 is 2.53 bits per heavy atom. The van der Waals surface area contributed by atoms with E-state index in [-0.39, 0.29) is 11.7 Å². The van der Waals surface area contributed by atoms with Crippen LogP contribution >= 0.6 is 0 Å². The van der Waals surface area contributed by atoms with Crippen molar-refractivity contribution >= 4 is 22.7 Å². The number of carbonyl (C=O) groups excluding carboxylic acids is 1. The Morgan fingerprint density at radius 2 is 1.89 bits per heavy atom. The lowest BCUT2D eigenvalue weighted by atomic mass is 10.0. The fourth-order valence-electron chi connectivity index (χ4n) is 1.94. The number of H-pyrrole nitrogens is 2. The van der Waals surface area contributed by atoms with Gasteiger partial charge in [-0.3, -0.25) is 0 Å². The second-order valence-electron chi connectivity index (χ2n) is 4.92. The van der Waals surface area contributed by atoms with Gasteiger partial charge in [0.25, 0.3) is 0 Å². The minimum Gasteiger partial charge on any atom is -0.467 e. The molecule has 1 aromatic heterocycles. The van der Waals surface area contributed by atoms with Crippen LogP contribution in [0.1, 0.15) is 13.8 Å². The molecule has 2 N–H and O–H groups in total. The van der Waals surface area contributed by atoms with Crippen molar-refractivity contribution in [2.75, 3.05) is 19.1 Å². The molecule has 1 heterocycles. The van der Waals surface area contributed by atoms with Crippen LogP contribution < -0.4 is 10.6 Å². The topological polar surface area (TPSA) is 78.2 Å². The number of aromatic amines is 2. The van der Waals surface area contributed by atoms with Crippen molar-refractivity contribution in [3.8, 4) is 0 Å². The van der Waals surface area contributed by atoms with Crippen molar-refractivity contribution in [2.45, 2.75) is 19.4 Å². The van der Waals surface area contributed by atoms with Gasteiger partial charge >= 0.3 is 11.7 Å². The van der Waals surface area contributed by atoms with E-state index < -0.39 is 5.54 Å². The number of fused-ring (bicyclic) bond motifs is 1. The van der Waals surface area contributed by atoms with Crippen LogP contribution in [0, 0.1) is 0 Å². The molecule has 0 spiro atoms. The molecule has 0 atom stereocenters. The number of esters is 1. The van der Waals surface area contributed by atoms with Crippen molar-refractivity contribution in [3.05, 3.63) is 28.7 Å². The molecule has 1 aromatic carbocycles. The number of anilines is 1. The van der Waals surface area contributed by atoms with Crippen LogP contribution in [0.15, 0.2) is 23.0 Å². The highest BCUT2D eigenvalue weighted by molar-refractivity contribution is 5.86. The maximum absolute atomic E-state index is 11.8. The monoisotopic (exact) mass is 263 g/mol. The molecule has 0 fully saturated rings. The molecule has 0 radical (unpaired) electrons. The molecule has 6 heteroatoms. The summed E-state index contributed by atoms with van der Waals surface area (Å²) in [5.41, 5.74) is 1.21. The Balaban J connectivity index is 2.43. The normalized spacial score (nSPS) is 11.6. The summed E-state index contributed by atoms with van der Waals surface area (Å²) in [7, 11) is 3.17. The number of benzene rings is 1. The highest BCUT2D eigenvalue weighted by atomic mass is 16.5. The third-order valence-corrected chi connectivity index (χ3v) is 3.41. The molecule has 6 nitrogen and oxygen atoms in total. The molecule has 0 amide bonds. The maximum atomic E-state index is 11.8. The van der Waals surface area contributed by atoms with E-state index in [2.05, 4.69) is 9.97 Å². The zero-order chi connectivity index (χ0) is 14.2. The number of aromatic nitrogens is 2. The van der Waals surface area contributed by atoms with E-state index in [1.165, 1.54) is 7.11 Å². The maximum Gasteiger partial charge on any atom is 0.331 e. The summed E-state index contributed by atoms with van der Waals surface area (Å²) in [5.74, 6) is -0.322. The first-order chi connectivity index (χ1) is 8.86. The van der Waals surface area contributed by atoms with Crippen molar-refractivity contribution in [3.63, 3.8) is 0 Å². The summed E-state index contributed by atoms with van der Waals surface area (Å²) in [6.07, 6.45) is 0. The second-order valence-corrected chi connectivity index (χ2v) is 4.92. The Kier molecular flexibility index (Phi) is 3.09. The minimum absolute atomic E-state index is 0.248. The SMILES string of the molecule is COC(=O)C(C)(C)N(C)c1ccc2[nH]c(=O)[nH]c2c1. The molecule has 0 bridgehead atoms. The fourth-order valence-corrected chi connectivity index (χ4v) is 1.94. The average Bonchev–Trinajstić information content (AvgIpc) is 2.75. The van der Waals surface area contributed by atoms with E-state index in [1.54, 1.807) is 19.9 Å². The Hall–Kier alpha value is -2.24. The first-order valence-corrected chi connectivity index (χ1v) is 5.90. The van der Waals surface area contributed by atoms with Crippen LogP contribution in [0.25, 0.3) is 11.0 Å². The average molecular weight is 263 g/mol. The highest BCUT2D eigenvalue weighted by Crippen LogP contribution is 2.25. The van der Waals surface area contributed by atoms with E-state index in [4.69, 9.17) is 4.74 Å². The number of likely N-dealkylation sites (N-methyl/N-ethyl adjacent to an activating group) is 1. The number of hydrogen-bond acceptors (Lipinski definition) is 4. The molecule has 0 unspecified atom stereocenters. The van der Waals surface area contributed by atoms with Gasteiger partial charge < -0.3 is 19.6 Å². The third kappa shape index (κ3) is 2.21. The van der Waals surface area contributed by atoms with E-state index >= 15 is 0 Å². The summed E-state index contributed by atoms with van der Waals surface area (Å²) in [5, 5.41) is 0. The number of hydrogen-bond donors (Lipinski definition) is 2. The first-order valence-electron chi connectivity index (χ1n) is 5.90. The molecule has 0 saturated heterocycles. The lowest BCUT2D eigenvalue weighted by Gasteiger charge is -2.34. The van der Waals surface area contributed by atoms with E-state index in [9.17, 15) is 9.59 Å². The Bertz CT molecular complexity index is 669. The molecule has 2 rings (SSSR count). The number of nitrogens with zero attached hydrogens (tertiary/aromatic N) is 1. The third-order valence-electron chi connectivity index (χ3n) is 3.41. The van der Waals surface area contributed by atoms with E-state index in [1.807, 2.05) is 24.1 Å². The molecular formula is C13H17N3O3. The number of methoxy groups -OCH3 is 1. The minimum atomic E-state index is -0.793. The highest BCUT2D eigenvalue weighted by Gasteiger charge is 2.33. The van der Waals surface area contributed by atoms with Gasteiger partial charge in [0.05, 0.1) is 18.1 Å². The summed E-state index contributed by atoms with van der Waals surface area (Å²) >= 11 is 0. The molecule has 0 saturated carbocycles. The molecule has 0 aliphatic rings. The number of nitrogens with one attached hydrogen (secondary N) is 2. The van der Waals surface area contributed by atoms with Crippen molar-refractivity contribution in [2.24, 2.45) is 0 Å². The second kappa shape index (κ2) is 4.46. The molecule has 0 aliphatic heterocycles. The molecule has 2 aromatic rings. The summed E-state index contributed by atoms with van der Waals surface area (Å²) in [4.78, 5) is 30.2. The van der Waals surface area contributed by atoms with Gasteiger partial charge in [-0.15, -0.1) is 0 Å². The van der Waals surface area contributed by atoms with E-state index in [0.29, 0.717) is 5.52 Å². The largest absolute Gasteiger partial charge is 0.467 e. The lowest BCUT2D eigenvalue weighted by Crippen LogP contribution is -2.48. The summed E-state index contributed by atoms with van der Waals surface area (Å²) in [6.45, 7) is 3.56. The predicted octanol–water partition coefficient (Wildman–Crippen LogP) is 1.24. The summed E-state index contributed by atoms with van der Waals surface area (Å²) < 4.78 is 4.80. The number of ether oxygens (including phenoxy) is 1. The first kappa shape index (κ1) is 13.2. The van der Waals surface area contributed by atoms with Crippen LogP contribution in [0.3, 0.4) is 0 Å². The van der Waals surface area contributed by atoms with Gasteiger partial charge in [0.15, 0.2) is 0 Å². The van der Waals surface area contributed by atoms with Gasteiger partial charge in [-0.1, -0.05) is 0 Å². The van der Waals surface area contributed by atoms with E-state index in [0.717, 1.165) is 11.2 Å². The van der Waals surface area contributed by atoms with Gasteiger partial charge in [0, 0.05) is 12.7 Å². The number of imidazole rings is 1. The van der Waals surface area contributed by atoms with Gasteiger partial charge in [0.2, 0.25) is 0 Å². The number of rotatable bonds is 3. The fraction of sp³-hybridized carbons (Fsp3) is 0.385. The predicted molar refractivity (Wildman–Crippen MR) is 73.4 cm³/mol. The van der Waals surface area contributed by atoms with Crippen molar-refractivity contribution in [1.29, 1.82) is 0 Å². The number of carbonyl (C=O) groups is 1. The zero-order valence-electron chi connectivity index (χ0n) is 11.4. The molecule has 0 aliphatic carbocycles. The lowest BCUT2D eigenvalue weighted by molar-refractivity contribution is -0.145.